The predicted octanol–water partition coefficient (Wildman–Crippen LogP) is 1.49. The Hall–Kier alpha value is -2.30. The van der Waals surface area contributed by atoms with E-state index < -0.39 is 6.04 Å². The standard InChI is InChI=1S/C16H19N3O2/c1-10(20)18-15(16(21)19-12-6-7-12)8-11-9-17-14-5-3-2-4-13(11)14/h2-5,9,12,15,17H,6-8H2,1H3,(H,18,20)(H,19,21)/t15-/m1/s1. The van der Waals surface area contributed by atoms with Gasteiger partial charge in [0.1, 0.15) is 6.04 Å². The number of aromatic nitrogens is 1. The van der Waals surface area contributed by atoms with Gasteiger partial charge in [-0.3, -0.25) is 9.59 Å². The fraction of sp³-hybridized carbons (Fsp3) is 0.375. The van der Waals surface area contributed by atoms with E-state index >= 15 is 0 Å². The third-order valence-corrected chi connectivity index (χ3v) is 3.72. The smallest absolute Gasteiger partial charge is 0.243 e. The van der Waals surface area contributed by atoms with Crippen LogP contribution < -0.4 is 10.6 Å². The molecular weight excluding hydrogens is 266 g/mol. The van der Waals surface area contributed by atoms with Crippen molar-refractivity contribution in [3.8, 4) is 0 Å². The summed E-state index contributed by atoms with van der Waals surface area (Å²) in [7, 11) is 0. The minimum Gasteiger partial charge on any atom is -0.361 e. The quantitative estimate of drug-likeness (QED) is 0.778. The number of benzene rings is 1. The van der Waals surface area contributed by atoms with Gasteiger partial charge in [-0.2, -0.15) is 0 Å². The van der Waals surface area contributed by atoms with E-state index in [1.165, 1.54) is 6.92 Å². The summed E-state index contributed by atoms with van der Waals surface area (Å²) in [5.74, 6) is -0.288. The Balaban J connectivity index is 1.79. The Kier molecular flexibility index (Phi) is 3.64. The zero-order valence-electron chi connectivity index (χ0n) is 12.0. The van der Waals surface area contributed by atoms with Crippen molar-refractivity contribution in [2.24, 2.45) is 0 Å². The molecule has 5 heteroatoms. The molecule has 3 rings (SSSR count). The van der Waals surface area contributed by atoms with Crippen molar-refractivity contribution >= 4 is 22.7 Å². The molecule has 2 amide bonds. The first-order valence-corrected chi connectivity index (χ1v) is 7.26. The summed E-state index contributed by atoms with van der Waals surface area (Å²) in [4.78, 5) is 26.8. The zero-order chi connectivity index (χ0) is 14.8. The molecule has 0 radical (unpaired) electrons. The number of amides is 2. The molecule has 1 heterocycles. The van der Waals surface area contributed by atoms with Crippen molar-refractivity contribution < 1.29 is 9.59 Å². The summed E-state index contributed by atoms with van der Waals surface area (Å²) >= 11 is 0. The molecule has 1 saturated carbocycles. The number of aromatic amines is 1. The second-order valence-corrected chi connectivity index (χ2v) is 5.60. The Labute approximate surface area is 123 Å². The third kappa shape index (κ3) is 3.24. The van der Waals surface area contributed by atoms with Gasteiger partial charge in [-0.15, -0.1) is 0 Å². The van der Waals surface area contributed by atoms with Gasteiger partial charge in [0.15, 0.2) is 0 Å². The molecule has 1 aromatic heterocycles. The minimum atomic E-state index is -0.526. The lowest BCUT2D eigenvalue weighted by atomic mass is 10.0. The molecule has 0 spiro atoms. The maximum atomic E-state index is 12.3. The van der Waals surface area contributed by atoms with Crippen LogP contribution in [-0.2, 0) is 16.0 Å². The highest BCUT2D eigenvalue weighted by Crippen LogP contribution is 2.21. The van der Waals surface area contributed by atoms with Gasteiger partial charge >= 0.3 is 0 Å². The van der Waals surface area contributed by atoms with Gasteiger partial charge in [0.2, 0.25) is 11.8 Å². The maximum absolute atomic E-state index is 12.3. The van der Waals surface area contributed by atoms with Crippen LogP contribution in [0, 0.1) is 0 Å². The zero-order valence-corrected chi connectivity index (χ0v) is 12.0. The van der Waals surface area contributed by atoms with E-state index in [2.05, 4.69) is 15.6 Å². The highest BCUT2D eigenvalue weighted by molar-refractivity contribution is 5.89. The van der Waals surface area contributed by atoms with Crippen LogP contribution in [0.15, 0.2) is 30.5 Å². The average Bonchev–Trinajstić information content (AvgIpc) is 3.17. The number of H-pyrrole nitrogens is 1. The van der Waals surface area contributed by atoms with Crippen LogP contribution in [0.4, 0.5) is 0 Å². The largest absolute Gasteiger partial charge is 0.361 e. The topological polar surface area (TPSA) is 74.0 Å². The van der Waals surface area contributed by atoms with Crippen LogP contribution >= 0.6 is 0 Å². The van der Waals surface area contributed by atoms with Crippen LogP contribution in [0.3, 0.4) is 0 Å². The molecule has 1 atom stereocenters. The molecule has 2 aromatic rings. The molecule has 21 heavy (non-hydrogen) atoms. The summed E-state index contributed by atoms with van der Waals surface area (Å²) in [6.45, 7) is 1.44. The fourth-order valence-electron chi connectivity index (χ4n) is 2.50. The summed E-state index contributed by atoms with van der Waals surface area (Å²) in [5.41, 5.74) is 2.08. The summed E-state index contributed by atoms with van der Waals surface area (Å²) < 4.78 is 0. The average molecular weight is 285 g/mol. The number of fused-ring (bicyclic) bond motifs is 1. The van der Waals surface area contributed by atoms with Crippen molar-refractivity contribution in [1.29, 1.82) is 0 Å². The molecule has 0 aliphatic heterocycles. The van der Waals surface area contributed by atoms with Gasteiger partial charge in [-0.1, -0.05) is 18.2 Å². The third-order valence-electron chi connectivity index (χ3n) is 3.72. The molecular formula is C16H19N3O2. The van der Waals surface area contributed by atoms with Crippen molar-refractivity contribution in [2.45, 2.75) is 38.3 Å². The van der Waals surface area contributed by atoms with Gasteiger partial charge < -0.3 is 15.6 Å². The Morgan fingerprint density at radius 2 is 2.10 bits per heavy atom. The van der Waals surface area contributed by atoms with E-state index in [1.807, 2.05) is 30.5 Å². The summed E-state index contributed by atoms with van der Waals surface area (Å²) in [6, 6.07) is 7.71. The van der Waals surface area contributed by atoms with Crippen LogP contribution in [-0.4, -0.2) is 28.9 Å². The Bertz CT molecular complexity index is 673. The van der Waals surface area contributed by atoms with Gasteiger partial charge in [-0.05, 0) is 24.5 Å². The van der Waals surface area contributed by atoms with Crippen LogP contribution in [0.25, 0.3) is 10.9 Å². The second-order valence-electron chi connectivity index (χ2n) is 5.60. The second kappa shape index (κ2) is 5.60. The number of carbonyl (C=O) groups is 2. The molecule has 1 aliphatic rings. The van der Waals surface area contributed by atoms with Crippen LogP contribution in [0.5, 0.6) is 0 Å². The number of nitrogens with one attached hydrogen (secondary N) is 3. The number of para-hydroxylation sites is 1. The predicted molar refractivity (Wildman–Crippen MR) is 80.8 cm³/mol. The molecule has 0 saturated heterocycles. The van der Waals surface area contributed by atoms with Crippen molar-refractivity contribution in [3.05, 3.63) is 36.0 Å². The number of hydrogen-bond acceptors (Lipinski definition) is 2. The van der Waals surface area contributed by atoms with Crippen molar-refractivity contribution in [3.63, 3.8) is 0 Å². The number of hydrogen-bond donors (Lipinski definition) is 3. The molecule has 5 nitrogen and oxygen atoms in total. The minimum absolute atomic E-state index is 0.0991. The van der Waals surface area contributed by atoms with E-state index in [4.69, 9.17) is 0 Å². The van der Waals surface area contributed by atoms with Gasteiger partial charge in [0, 0.05) is 36.5 Å². The highest BCUT2D eigenvalue weighted by atomic mass is 16.2. The lowest BCUT2D eigenvalue weighted by molar-refractivity contribution is -0.128. The summed E-state index contributed by atoms with van der Waals surface area (Å²) in [5, 5.41) is 6.80. The lowest BCUT2D eigenvalue weighted by Crippen LogP contribution is -2.47. The molecule has 1 fully saturated rings. The van der Waals surface area contributed by atoms with Crippen LogP contribution in [0.2, 0.25) is 0 Å². The SMILES string of the molecule is CC(=O)N[C@H](Cc1c[nH]c2ccccc12)C(=O)NC1CC1. The molecule has 0 unspecified atom stereocenters. The van der Waals surface area contributed by atoms with Gasteiger partial charge in [-0.25, -0.2) is 0 Å². The number of carbonyl (C=O) groups excluding carboxylic acids is 2. The van der Waals surface area contributed by atoms with Crippen LogP contribution in [0.1, 0.15) is 25.3 Å². The van der Waals surface area contributed by atoms with Gasteiger partial charge in [0.05, 0.1) is 0 Å². The van der Waals surface area contributed by atoms with Crippen molar-refractivity contribution in [2.75, 3.05) is 0 Å². The number of rotatable bonds is 5. The first-order chi connectivity index (χ1) is 10.1. The first-order valence-electron chi connectivity index (χ1n) is 7.26. The normalized spacial score (nSPS) is 15.7. The lowest BCUT2D eigenvalue weighted by Gasteiger charge is -2.17. The van der Waals surface area contributed by atoms with E-state index in [1.54, 1.807) is 0 Å². The van der Waals surface area contributed by atoms with E-state index in [9.17, 15) is 9.59 Å². The fourth-order valence-corrected chi connectivity index (χ4v) is 2.50. The van der Waals surface area contributed by atoms with E-state index in [0.29, 0.717) is 6.42 Å². The Morgan fingerprint density at radius 1 is 1.33 bits per heavy atom. The molecule has 0 bridgehead atoms. The molecule has 110 valence electrons. The first kappa shape index (κ1) is 13.7. The van der Waals surface area contributed by atoms with E-state index in [-0.39, 0.29) is 17.9 Å². The maximum Gasteiger partial charge on any atom is 0.243 e. The van der Waals surface area contributed by atoms with Gasteiger partial charge in [0.25, 0.3) is 0 Å². The molecule has 3 N–H and O–H groups in total. The Morgan fingerprint density at radius 3 is 2.81 bits per heavy atom. The monoisotopic (exact) mass is 285 g/mol. The highest BCUT2D eigenvalue weighted by Gasteiger charge is 2.28. The molecule has 1 aromatic carbocycles. The van der Waals surface area contributed by atoms with Crippen molar-refractivity contribution in [1.82, 2.24) is 15.6 Å². The molecule has 1 aliphatic carbocycles. The summed E-state index contributed by atoms with van der Waals surface area (Å²) in [6.07, 6.45) is 4.46. The van der Waals surface area contributed by atoms with E-state index in [0.717, 1.165) is 29.3 Å².